The minimum absolute atomic E-state index is 0.458. The molecule has 0 saturated carbocycles. The van der Waals surface area contributed by atoms with Crippen molar-refractivity contribution in [3.05, 3.63) is 0 Å². The van der Waals surface area contributed by atoms with E-state index in [0.717, 1.165) is 25.8 Å². The van der Waals surface area contributed by atoms with Crippen LogP contribution in [0.25, 0.3) is 0 Å². The highest BCUT2D eigenvalue weighted by Crippen LogP contribution is 2.30. The zero-order chi connectivity index (χ0) is 11.5. The van der Waals surface area contributed by atoms with Gasteiger partial charge in [-0.25, -0.2) is 0 Å². The Kier molecular flexibility index (Phi) is 4.14. The van der Waals surface area contributed by atoms with Gasteiger partial charge in [-0.15, -0.1) is 0 Å². The minimum Gasteiger partial charge on any atom is -0.480 e. The van der Waals surface area contributed by atoms with Gasteiger partial charge in [-0.1, -0.05) is 20.3 Å². The predicted molar refractivity (Wildman–Crippen MR) is 61.0 cm³/mol. The molecule has 1 N–H and O–H groups in total. The van der Waals surface area contributed by atoms with Gasteiger partial charge in [0, 0.05) is 6.04 Å². The van der Waals surface area contributed by atoms with Crippen molar-refractivity contribution >= 4 is 5.97 Å². The van der Waals surface area contributed by atoms with E-state index in [2.05, 4.69) is 11.8 Å². The van der Waals surface area contributed by atoms with Gasteiger partial charge in [-0.2, -0.15) is 0 Å². The monoisotopic (exact) mass is 213 g/mol. The van der Waals surface area contributed by atoms with E-state index in [1.165, 1.54) is 6.42 Å². The molecular weight excluding hydrogens is 190 g/mol. The molecule has 2 atom stereocenters. The highest BCUT2D eigenvalue weighted by atomic mass is 16.4. The molecule has 3 heteroatoms. The van der Waals surface area contributed by atoms with Crippen molar-refractivity contribution in [2.24, 2.45) is 0 Å². The van der Waals surface area contributed by atoms with Crippen molar-refractivity contribution in [1.82, 2.24) is 4.90 Å². The Morgan fingerprint density at radius 2 is 2.13 bits per heavy atom. The van der Waals surface area contributed by atoms with Crippen LogP contribution in [0.3, 0.4) is 0 Å². The van der Waals surface area contributed by atoms with Crippen molar-refractivity contribution in [2.75, 3.05) is 6.54 Å². The van der Waals surface area contributed by atoms with Gasteiger partial charge in [0.15, 0.2) is 0 Å². The molecule has 3 nitrogen and oxygen atoms in total. The van der Waals surface area contributed by atoms with E-state index in [1.807, 2.05) is 13.8 Å². The molecule has 0 radical (unpaired) electrons. The number of hydrogen-bond acceptors (Lipinski definition) is 2. The number of carboxylic acid groups (broad SMARTS) is 1. The van der Waals surface area contributed by atoms with Gasteiger partial charge in [-0.05, 0) is 39.2 Å². The number of piperidine rings is 1. The molecule has 0 bridgehead atoms. The fourth-order valence-corrected chi connectivity index (χ4v) is 2.55. The van der Waals surface area contributed by atoms with Crippen LogP contribution >= 0.6 is 0 Å². The summed E-state index contributed by atoms with van der Waals surface area (Å²) in [5, 5.41) is 9.36. The van der Waals surface area contributed by atoms with Crippen LogP contribution in [0.1, 0.15) is 52.9 Å². The highest BCUT2D eigenvalue weighted by Gasteiger charge is 2.41. The van der Waals surface area contributed by atoms with Gasteiger partial charge in [-0.3, -0.25) is 9.69 Å². The lowest BCUT2D eigenvalue weighted by molar-refractivity contribution is -0.154. The molecule has 0 aromatic heterocycles. The fourth-order valence-electron chi connectivity index (χ4n) is 2.55. The van der Waals surface area contributed by atoms with Crippen molar-refractivity contribution in [3.8, 4) is 0 Å². The molecule has 1 saturated heterocycles. The van der Waals surface area contributed by atoms with Crippen LogP contribution in [0.2, 0.25) is 0 Å². The smallest absolute Gasteiger partial charge is 0.323 e. The van der Waals surface area contributed by atoms with Crippen molar-refractivity contribution < 1.29 is 9.90 Å². The molecule has 1 aliphatic rings. The first kappa shape index (κ1) is 12.5. The van der Waals surface area contributed by atoms with Crippen LogP contribution in [0, 0.1) is 0 Å². The van der Waals surface area contributed by atoms with E-state index in [-0.39, 0.29) is 0 Å². The Morgan fingerprint density at radius 1 is 1.47 bits per heavy atom. The predicted octanol–water partition coefficient (Wildman–Crippen LogP) is 2.50. The zero-order valence-corrected chi connectivity index (χ0v) is 10.1. The summed E-state index contributed by atoms with van der Waals surface area (Å²) >= 11 is 0. The maximum atomic E-state index is 11.4. The summed E-state index contributed by atoms with van der Waals surface area (Å²) in [7, 11) is 0. The Hall–Kier alpha value is -0.570. The minimum atomic E-state index is -0.676. The maximum Gasteiger partial charge on any atom is 0.323 e. The normalized spacial score (nSPS) is 27.3. The van der Waals surface area contributed by atoms with Crippen LogP contribution < -0.4 is 0 Å². The third kappa shape index (κ3) is 2.33. The second-order valence-corrected chi connectivity index (χ2v) is 4.68. The van der Waals surface area contributed by atoms with Crippen LogP contribution in [0.5, 0.6) is 0 Å². The lowest BCUT2D eigenvalue weighted by atomic mass is 9.89. The molecule has 0 amide bonds. The van der Waals surface area contributed by atoms with E-state index < -0.39 is 11.5 Å². The lowest BCUT2D eigenvalue weighted by Gasteiger charge is -2.45. The van der Waals surface area contributed by atoms with Gasteiger partial charge in [0.25, 0.3) is 0 Å². The molecule has 0 aliphatic carbocycles. The van der Waals surface area contributed by atoms with Gasteiger partial charge in [0.2, 0.25) is 0 Å². The first-order valence-electron chi connectivity index (χ1n) is 6.06. The summed E-state index contributed by atoms with van der Waals surface area (Å²) in [6, 6.07) is 0.458. The number of aliphatic carboxylic acids is 1. The molecule has 1 heterocycles. The Bertz CT molecular complexity index is 230. The number of likely N-dealkylation sites (tertiary alicyclic amines) is 1. The Balaban J connectivity index is 2.85. The number of hydrogen-bond donors (Lipinski definition) is 1. The van der Waals surface area contributed by atoms with E-state index in [9.17, 15) is 9.90 Å². The lowest BCUT2D eigenvalue weighted by Crippen LogP contribution is -2.57. The summed E-state index contributed by atoms with van der Waals surface area (Å²) < 4.78 is 0. The summed E-state index contributed by atoms with van der Waals surface area (Å²) in [6.45, 7) is 6.93. The summed E-state index contributed by atoms with van der Waals surface area (Å²) in [5.74, 6) is -0.676. The summed E-state index contributed by atoms with van der Waals surface area (Å²) in [6.07, 6.45) is 5.27. The van der Waals surface area contributed by atoms with E-state index in [4.69, 9.17) is 0 Å². The highest BCUT2D eigenvalue weighted by molar-refractivity contribution is 5.78. The van der Waals surface area contributed by atoms with Crippen molar-refractivity contribution in [3.63, 3.8) is 0 Å². The fraction of sp³-hybridized carbons (Fsp3) is 0.917. The van der Waals surface area contributed by atoms with Crippen LogP contribution in [-0.4, -0.2) is 34.1 Å². The maximum absolute atomic E-state index is 11.4. The third-order valence-electron chi connectivity index (χ3n) is 3.88. The Morgan fingerprint density at radius 3 is 2.60 bits per heavy atom. The number of nitrogens with zero attached hydrogens (tertiary/aromatic N) is 1. The van der Waals surface area contributed by atoms with Crippen LogP contribution in [0.4, 0.5) is 0 Å². The van der Waals surface area contributed by atoms with Gasteiger partial charge in [0.05, 0.1) is 0 Å². The van der Waals surface area contributed by atoms with E-state index in [1.54, 1.807) is 0 Å². The van der Waals surface area contributed by atoms with Gasteiger partial charge < -0.3 is 5.11 Å². The zero-order valence-electron chi connectivity index (χ0n) is 10.1. The Labute approximate surface area is 92.5 Å². The van der Waals surface area contributed by atoms with Crippen LogP contribution in [-0.2, 0) is 4.79 Å². The second kappa shape index (κ2) is 4.97. The number of carbonyl (C=O) groups is 1. The van der Waals surface area contributed by atoms with Crippen LogP contribution in [0.15, 0.2) is 0 Å². The molecule has 1 aliphatic heterocycles. The summed E-state index contributed by atoms with van der Waals surface area (Å²) in [4.78, 5) is 13.6. The van der Waals surface area contributed by atoms with Gasteiger partial charge >= 0.3 is 5.97 Å². The number of rotatable bonds is 4. The van der Waals surface area contributed by atoms with Crippen molar-refractivity contribution in [1.29, 1.82) is 0 Å². The average Bonchev–Trinajstić information content (AvgIpc) is 2.27. The molecule has 1 fully saturated rings. The number of carboxylic acids is 1. The third-order valence-corrected chi connectivity index (χ3v) is 3.88. The molecule has 1 rings (SSSR count). The molecule has 2 unspecified atom stereocenters. The first-order chi connectivity index (χ1) is 7.06. The largest absolute Gasteiger partial charge is 0.480 e. The average molecular weight is 213 g/mol. The van der Waals surface area contributed by atoms with E-state index >= 15 is 0 Å². The van der Waals surface area contributed by atoms with Gasteiger partial charge in [0.1, 0.15) is 5.54 Å². The molecule has 88 valence electrons. The quantitative estimate of drug-likeness (QED) is 0.780. The molecule has 0 aromatic rings. The summed E-state index contributed by atoms with van der Waals surface area (Å²) in [5.41, 5.74) is -0.666. The van der Waals surface area contributed by atoms with Crippen molar-refractivity contribution in [2.45, 2.75) is 64.5 Å². The van der Waals surface area contributed by atoms with E-state index in [0.29, 0.717) is 12.5 Å². The second-order valence-electron chi connectivity index (χ2n) is 4.68. The molecule has 15 heavy (non-hydrogen) atoms. The topological polar surface area (TPSA) is 40.5 Å². The first-order valence-corrected chi connectivity index (χ1v) is 6.06. The standard InChI is InChI=1S/C12H23NO2/c1-4-10-8-6-7-9-13(10)12(3,5-2)11(14)15/h10H,4-9H2,1-3H3,(H,14,15). The molecular formula is C12H23NO2. The molecule has 0 aromatic carbocycles. The molecule has 0 spiro atoms. The SMILES string of the molecule is CCC1CCCCN1C(C)(CC)C(=O)O.